The number of para-hydroxylation sites is 1. The van der Waals surface area contributed by atoms with Gasteiger partial charge in [-0.1, -0.05) is 6.07 Å². The van der Waals surface area contributed by atoms with E-state index < -0.39 is 6.03 Å². The fourth-order valence-electron chi connectivity index (χ4n) is 0.767. The molecule has 1 aromatic rings. The lowest BCUT2D eigenvalue weighted by Gasteiger charge is -2.08. The predicted molar refractivity (Wildman–Crippen MR) is 58.2 cm³/mol. The Morgan fingerprint density at radius 2 is 1.85 bits per heavy atom. The number of rotatable bonds is 1. The van der Waals surface area contributed by atoms with Crippen LogP contribution in [-0.4, -0.2) is 6.03 Å². The number of anilines is 1. The summed E-state index contributed by atoms with van der Waals surface area (Å²) in [6.07, 6.45) is 0. The highest BCUT2D eigenvalue weighted by Crippen LogP contribution is 2.30. The van der Waals surface area contributed by atoms with Crippen molar-refractivity contribution in [3.05, 3.63) is 27.1 Å². The van der Waals surface area contributed by atoms with Crippen LogP contribution in [-0.2, 0) is 0 Å². The van der Waals surface area contributed by atoms with Crippen LogP contribution >= 0.6 is 31.9 Å². The van der Waals surface area contributed by atoms with Gasteiger partial charge in [0, 0.05) is 8.95 Å². The first kappa shape index (κ1) is 10.5. The normalized spacial score (nSPS) is 9.46. The maximum Gasteiger partial charge on any atom is 0.333 e. The molecular weight excluding hydrogens is 302 g/mol. The number of carbonyl (C=O) groups excluding carboxylic acids is 1. The Morgan fingerprint density at radius 1 is 1.31 bits per heavy atom. The van der Waals surface area contributed by atoms with Gasteiger partial charge < -0.3 is 5.32 Å². The number of nitrogens with two attached hydrogens (primary N) is 1. The number of amides is 2. The van der Waals surface area contributed by atoms with Crippen molar-refractivity contribution in [1.29, 1.82) is 0 Å². The van der Waals surface area contributed by atoms with Gasteiger partial charge in [-0.05, 0) is 44.0 Å². The van der Waals surface area contributed by atoms with E-state index in [9.17, 15) is 4.79 Å². The van der Waals surface area contributed by atoms with Gasteiger partial charge in [0.1, 0.15) is 0 Å². The zero-order valence-corrected chi connectivity index (χ0v) is 9.65. The minimum atomic E-state index is -0.465. The number of hydrazine groups is 1. The Balaban J connectivity index is 2.93. The van der Waals surface area contributed by atoms with Gasteiger partial charge in [0.2, 0.25) is 0 Å². The third kappa shape index (κ3) is 2.68. The van der Waals surface area contributed by atoms with Gasteiger partial charge >= 0.3 is 6.03 Å². The molecule has 0 bridgehead atoms. The zero-order valence-electron chi connectivity index (χ0n) is 6.47. The van der Waals surface area contributed by atoms with Crippen LogP contribution in [0, 0.1) is 0 Å². The number of hydrogen-bond donors (Lipinski definition) is 3. The van der Waals surface area contributed by atoms with Crippen LogP contribution in [0.4, 0.5) is 10.5 Å². The van der Waals surface area contributed by atoms with Gasteiger partial charge in [0.05, 0.1) is 5.69 Å². The van der Waals surface area contributed by atoms with E-state index in [4.69, 9.17) is 5.84 Å². The molecular formula is C7H7Br2N3O. The lowest BCUT2D eigenvalue weighted by Crippen LogP contribution is -2.34. The second kappa shape index (κ2) is 4.59. The Kier molecular flexibility index (Phi) is 3.71. The molecule has 0 heterocycles. The molecule has 2 amide bonds. The zero-order chi connectivity index (χ0) is 9.84. The van der Waals surface area contributed by atoms with E-state index in [-0.39, 0.29) is 0 Å². The number of nitrogens with one attached hydrogen (secondary N) is 2. The highest BCUT2D eigenvalue weighted by Gasteiger charge is 2.06. The van der Waals surface area contributed by atoms with Crippen molar-refractivity contribution in [2.45, 2.75) is 0 Å². The SMILES string of the molecule is NNC(=O)Nc1c(Br)cccc1Br. The Bertz CT molecular complexity index is 309. The summed E-state index contributed by atoms with van der Waals surface area (Å²) in [4.78, 5) is 10.9. The van der Waals surface area contributed by atoms with Crippen molar-refractivity contribution in [2.75, 3.05) is 5.32 Å². The summed E-state index contributed by atoms with van der Waals surface area (Å²) in [6.45, 7) is 0. The van der Waals surface area contributed by atoms with E-state index in [0.29, 0.717) is 5.69 Å². The highest BCUT2D eigenvalue weighted by atomic mass is 79.9. The van der Waals surface area contributed by atoms with Crippen molar-refractivity contribution in [3.63, 3.8) is 0 Å². The van der Waals surface area contributed by atoms with E-state index >= 15 is 0 Å². The first-order valence-corrected chi connectivity index (χ1v) is 4.95. The molecule has 0 saturated heterocycles. The third-order valence-corrected chi connectivity index (χ3v) is 2.65. The molecule has 13 heavy (non-hydrogen) atoms. The topological polar surface area (TPSA) is 67.1 Å². The van der Waals surface area contributed by atoms with Gasteiger partial charge in [0.25, 0.3) is 0 Å². The van der Waals surface area contributed by atoms with Crippen molar-refractivity contribution in [2.24, 2.45) is 5.84 Å². The summed E-state index contributed by atoms with van der Waals surface area (Å²) in [5, 5.41) is 2.56. The van der Waals surface area contributed by atoms with Crippen LogP contribution < -0.4 is 16.6 Å². The number of hydrogen-bond acceptors (Lipinski definition) is 2. The fraction of sp³-hybridized carbons (Fsp3) is 0. The maximum absolute atomic E-state index is 10.9. The first-order valence-electron chi connectivity index (χ1n) is 3.36. The summed E-state index contributed by atoms with van der Waals surface area (Å²) >= 11 is 6.58. The standard InChI is InChI=1S/C7H7Br2N3O/c8-4-2-1-3-5(9)6(4)11-7(13)12-10/h1-3H,10H2,(H2,11,12,13). The number of urea groups is 1. The van der Waals surface area contributed by atoms with Gasteiger partial charge in [-0.3, -0.25) is 5.43 Å². The summed E-state index contributed by atoms with van der Waals surface area (Å²) in [5.74, 6) is 4.93. The number of halogens is 2. The summed E-state index contributed by atoms with van der Waals surface area (Å²) in [7, 11) is 0. The largest absolute Gasteiger partial charge is 0.333 e. The van der Waals surface area contributed by atoms with Crippen molar-refractivity contribution >= 4 is 43.6 Å². The first-order chi connectivity index (χ1) is 6.15. The van der Waals surface area contributed by atoms with Crippen LogP contribution in [0.1, 0.15) is 0 Å². The highest BCUT2D eigenvalue weighted by molar-refractivity contribution is 9.11. The maximum atomic E-state index is 10.9. The van der Waals surface area contributed by atoms with E-state index in [2.05, 4.69) is 37.2 Å². The molecule has 0 radical (unpaired) electrons. The molecule has 4 N–H and O–H groups in total. The van der Waals surface area contributed by atoms with E-state index in [1.807, 2.05) is 23.6 Å². The average molecular weight is 309 g/mol. The molecule has 0 fully saturated rings. The molecule has 4 nitrogen and oxygen atoms in total. The quantitative estimate of drug-likeness (QED) is 0.423. The molecule has 1 aromatic carbocycles. The molecule has 6 heteroatoms. The third-order valence-electron chi connectivity index (χ3n) is 1.33. The smallest absolute Gasteiger partial charge is 0.305 e. The van der Waals surface area contributed by atoms with Crippen LogP contribution in [0.15, 0.2) is 27.1 Å². The molecule has 0 spiro atoms. The number of benzene rings is 1. The molecule has 1 rings (SSSR count). The monoisotopic (exact) mass is 307 g/mol. The van der Waals surface area contributed by atoms with E-state index in [1.165, 1.54) is 0 Å². The molecule has 70 valence electrons. The second-order valence-electron chi connectivity index (χ2n) is 2.20. The van der Waals surface area contributed by atoms with Crippen LogP contribution in [0.25, 0.3) is 0 Å². The molecule has 0 aliphatic heterocycles. The molecule has 0 atom stereocenters. The van der Waals surface area contributed by atoms with E-state index in [0.717, 1.165) is 8.95 Å². The fourth-order valence-corrected chi connectivity index (χ4v) is 1.96. The van der Waals surface area contributed by atoms with Crippen molar-refractivity contribution in [1.82, 2.24) is 5.43 Å². The molecule has 0 aliphatic rings. The molecule has 0 aromatic heterocycles. The predicted octanol–water partition coefficient (Wildman–Crippen LogP) is 2.21. The minimum absolute atomic E-state index is 0.465. The van der Waals surface area contributed by atoms with E-state index in [1.54, 1.807) is 0 Å². The molecule has 0 saturated carbocycles. The lowest BCUT2D eigenvalue weighted by atomic mass is 10.3. The Labute approximate surface area is 92.1 Å². The average Bonchev–Trinajstić information content (AvgIpc) is 2.11. The van der Waals surface area contributed by atoms with Crippen molar-refractivity contribution in [3.8, 4) is 0 Å². The Morgan fingerprint density at radius 3 is 2.31 bits per heavy atom. The van der Waals surface area contributed by atoms with Crippen LogP contribution in [0.3, 0.4) is 0 Å². The second-order valence-corrected chi connectivity index (χ2v) is 3.90. The van der Waals surface area contributed by atoms with Gasteiger partial charge in [-0.2, -0.15) is 0 Å². The summed E-state index contributed by atoms with van der Waals surface area (Å²) in [5.41, 5.74) is 2.62. The summed E-state index contributed by atoms with van der Waals surface area (Å²) in [6, 6.07) is 5.01. The van der Waals surface area contributed by atoms with Gasteiger partial charge in [-0.25, -0.2) is 10.6 Å². The minimum Gasteiger partial charge on any atom is -0.305 e. The number of carbonyl (C=O) groups is 1. The van der Waals surface area contributed by atoms with Gasteiger partial charge in [-0.15, -0.1) is 0 Å². The van der Waals surface area contributed by atoms with Crippen molar-refractivity contribution < 1.29 is 4.79 Å². The van der Waals surface area contributed by atoms with Gasteiger partial charge in [0.15, 0.2) is 0 Å². The molecule has 0 aliphatic carbocycles. The van der Waals surface area contributed by atoms with Crippen LogP contribution in [0.2, 0.25) is 0 Å². The summed E-state index contributed by atoms with van der Waals surface area (Å²) < 4.78 is 1.57. The molecule has 0 unspecified atom stereocenters. The van der Waals surface area contributed by atoms with Crippen LogP contribution in [0.5, 0.6) is 0 Å². The lowest BCUT2D eigenvalue weighted by molar-refractivity contribution is 0.252. The Hall–Kier alpha value is -0.590.